The van der Waals surface area contributed by atoms with E-state index in [9.17, 15) is 0 Å². The topological polar surface area (TPSA) is 46.2 Å². The minimum atomic E-state index is -1.92. The Balaban J connectivity index is 1.76. The van der Waals surface area contributed by atoms with Crippen molar-refractivity contribution in [2.24, 2.45) is 0 Å². The van der Waals surface area contributed by atoms with Crippen LogP contribution in [0.15, 0.2) is 60.7 Å². The highest BCUT2D eigenvalue weighted by Crippen LogP contribution is 2.38. The molecule has 1 fully saturated rings. The van der Waals surface area contributed by atoms with E-state index in [-0.39, 0.29) is 27.3 Å². The molecule has 0 spiro atoms. The second kappa shape index (κ2) is 12.4. The molecule has 5 atom stereocenters. The number of alkyl halides is 1. The molecule has 1 saturated heterocycles. The van der Waals surface area contributed by atoms with Gasteiger partial charge in [-0.25, -0.2) is 0 Å². The first-order valence-corrected chi connectivity index (χ1v) is 16.0. The molecular weight excluding hydrogens is 559 g/mol. The Morgan fingerprint density at radius 1 is 0.853 bits per heavy atom. The van der Waals surface area contributed by atoms with Crippen molar-refractivity contribution in [3.63, 3.8) is 0 Å². The van der Waals surface area contributed by atoms with E-state index in [0.717, 1.165) is 11.1 Å². The summed E-state index contributed by atoms with van der Waals surface area (Å²) < 4.78 is 31.6. The van der Waals surface area contributed by atoms with Gasteiger partial charge in [0.15, 0.2) is 14.6 Å². The third-order valence-electron chi connectivity index (χ3n) is 6.79. The summed E-state index contributed by atoms with van der Waals surface area (Å²) in [5.41, 5.74) is 2.23. The van der Waals surface area contributed by atoms with Crippen molar-refractivity contribution in [3.05, 3.63) is 71.8 Å². The van der Waals surface area contributed by atoms with Crippen molar-refractivity contribution in [2.45, 2.75) is 80.6 Å². The van der Waals surface area contributed by atoms with Crippen LogP contribution in [0.1, 0.15) is 31.9 Å². The number of benzene rings is 2. The van der Waals surface area contributed by atoms with Gasteiger partial charge in [-0.15, -0.1) is 0 Å². The fourth-order valence-corrected chi connectivity index (χ4v) is 5.60. The molecule has 0 unspecified atom stereocenters. The molecule has 2 aromatic carbocycles. The van der Waals surface area contributed by atoms with E-state index in [1.165, 1.54) is 0 Å². The van der Waals surface area contributed by atoms with E-state index in [1.54, 1.807) is 7.11 Å². The maximum atomic E-state index is 6.53. The molecule has 188 valence electrons. The van der Waals surface area contributed by atoms with E-state index < -0.39 is 14.6 Å². The average molecular weight is 599 g/mol. The summed E-state index contributed by atoms with van der Waals surface area (Å²) in [4.78, 5) is 0. The molecule has 0 radical (unpaired) electrons. The maximum absolute atomic E-state index is 6.53. The van der Waals surface area contributed by atoms with Crippen LogP contribution in [0.3, 0.4) is 0 Å². The fraction of sp³-hybridized carbons (Fsp3) is 0.556. The molecule has 1 heterocycles. The first-order chi connectivity index (χ1) is 16.1. The molecule has 3 rings (SSSR count). The van der Waals surface area contributed by atoms with Crippen LogP contribution >= 0.6 is 22.6 Å². The van der Waals surface area contributed by atoms with Gasteiger partial charge in [0.25, 0.3) is 0 Å². The van der Waals surface area contributed by atoms with Crippen molar-refractivity contribution in [1.29, 1.82) is 0 Å². The van der Waals surface area contributed by atoms with Crippen molar-refractivity contribution >= 4 is 30.9 Å². The Kier molecular flexibility index (Phi) is 10.2. The molecule has 1 aliphatic rings. The number of halogens is 1. The smallest absolute Gasteiger partial charge is 0.192 e. The number of ether oxygens (including phenoxy) is 4. The highest BCUT2D eigenvalue weighted by atomic mass is 127. The second-order valence-corrected chi connectivity index (χ2v) is 16.6. The first-order valence-electron chi connectivity index (χ1n) is 11.9. The van der Waals surface area contributed by atoms with Crippen LogP contribution in [0.25, 0.3) is 0 Å². The minimum absolute atomic E-state index is 0.0400. The van der Waals surface area contributed by atoms with E-state index in [1.807, 2.05) is 36.4 Å². The van der Waals surface area contributed by atoms with Gasteiger partial charge in [-0.1, -0.05) is 104 Å². The molecular formula is C27H39IO5Si. The fourth-order valence-electron chi connectivity index (χ4n) is 3.59. The van der Waals surface area contributed by atoms with Crippen molar-refractivity contribution < 1.29 is 23.4 Å². The SMILES string of the molecule is CO[C@H]1O[C@H](CO[Si](C)(C)C(C)(C)C)[C@H](I)[C@H](OCc2ccccc2)[C@H]1OCc1ccccc1. The van der Waals surface area contributed by atoms with Gasteiger partial charge in [-0.05, 0) is 29.3 Å². The molecule has 34 heavy (non-hydrogen) atoms. The Morgan fingerprint density at radius 3 is 1.82 bits per heavy atom. The summed E-state index contributed by atoms with van der Waals surface area (Å²) in [6, 6.07) is 20.4. The lowest BCUT2D eigenvalue weighted by Gasteiger charge is -2.45. The van der Waals surface area contributed by atoms with Crippen LogP contribution in [0.5, 0.6) is 0 Å². The quantitative estimate of drug-likeness (QED) is 0.181. The molecule has 2 aromatic rings. The third-order valence-corrected chi connectivity index (χ3v) is 12.8. The van der Waals surface area contributed by atoms with E-state index in [4.69, 9.17) is 23.4 Å². The number of hydrogen-bond donors (Lipinski definition) is 0. The van der Waals surface area contributed by atoms with Crippen LogP contribution in [-0.4, -0.2) is 50.6 Å². The monoisotopic (exact) mass is 598 g/mol. The van der Waals surface area contributed by atoms with Crippen molar-refractivity contribution in [3.8, 4) is 0 Å². The summed E-state index contributed by atoms with van der Waals surface area (Å²) in [5.74, 6) is 0. The third kappa shape index (κ3) is 7.35. The van der Waals surface area contributed by atoms with Crippen LogP contribution in [0.4, 0.5) is 0 Å². The lowest BCUT2D eigenvalue weighted by molar-refractivity contribution is -0.278. The standard InChI is InChI=1S/C27H39IO5Si/c1-27(2,3)34(5,6)32-19-22-23(28)24(30-17-20-13-9-7-10-14-20)25(26(29-4)33-22)31-18-21-15-11-8-12-16-21/h7-16,22-26H,17-19H2,1-6H3/t22-,23+,24+,25-,26+/m1/s1. The summed E-state index contributed by atoms with van der Waals surface area (Å²) in [6.07, 6.45) is -1.27. The van der Waals surface area contributed by atoms with Gasteiger partial charge in [0.2, 0.25) is 0 Å². The van der Waals surface area contributed by atoms with Crippen molar-refractivity contribution in [2.75, 3.05) is 13.7 Å². The Bertz CT molecular complexity index is 858. The average Bonchev–Trinajstić information content (AvgIpc) is 2.82. The van der Waals surface area contributed by atoms with Gasteiger partial charge in [0.05, 0.1) is 29.8 Å². The van der Waals surface area contributed by atoms with Crippen LogP contribution < -0.4 is 0 Å². The van der Waals surface area contributed by atoms with E-state index >= 15 is 0 Å². The molecule has 0 saturated carbocycles. The molecule has 0 bridgehead atoms. The predicted octanol–water partition coefficient (Wildman–Crippen LogP) is 6.35. The lowest BCUT2D eigenvalue weighted by Crippen LogP contribution is -2.59. The lowest BCUT2D eigenvalue weighted by atomic mass is 10.0. The second-order valence-electron chi connectivity index (χ2n) is 10.3. The molecule has 0 aliphatic carbocycles. The van der Waals surface area contributed by atoms with Gasteiger partial charge in [0, 0.05) is 7.11 Å². The van der Waals surface area contributed by atoms with Gasteiger partial charge in [-0.3, -0.25) is 0 Å². The Labute approximate surface area is 219 Å². The van der Waals surface area contributed by atoms with Gasteiger partial charge >= 0.3 is 0 Å². The molecule has 7 heteroatoms. The van der Waals surface area contributed by atoms with Crippen molar-refractivity contribution in [1.82, 2.24) is 0 Å². The Morgan fingerprint density at radius 2 is 1.35 bits per heavy atom. The van der Waals surface area contributed by atoms with Crippen LogP contribution in [0, 0.1) is 0 Å². The number of rotatable bonds is 10. The molecule has 0 aromatic heterocycles. The summed E-state index contributed by atoms with van der Waals surface area (Å²) in [5, 5.41) is 0.133. The van der Waals surface area contributed by atoms with Gasteiger partial charge in [-0.2, -0.15) is 0 Å². The molecule has 1 aliphatic heterocycles. The first kappa shape index (κ1) is 27.8. The summed E-state index contributed by atoms with van der Waals surface area (Å²) in [7, 11) is -0.253. The molecule has 5 nitrogen and oxygen atoms in total. The largest absolute Gasteiger partial charge is 0.414 e. The maximum Gasteiger partial charge on any atom is 0.192 e. The van der Waals surface area contributed by atoms with E-state index in [2.05, 4.69) is 80.7 Å². The number of methoxy groups -OCH3 is 1. The van der Waals surface area contributed by atoms with Crippen LogP contribution in [-0.2, 0) is 36.6 Å². The highest BCUT2D eigenvalue weighted by Gasteiger charge is 2.48. The summed E-state index contributed by atoms with van der Waals surface area (Å²) in [6.45, 7) is 12.8. The van der Waals surface area contributed by atoms with Crippen LogP contribution in [0.2, 0.25) is 18.1 Å². The zero-order chi connectivity index (χ0) is 24.8. The predicted molar refractivity (Wildman–Crippen MR) is 147 cm³/mol. The number of hydrogen-bond acceptors (Lipinski definition) is 5. The van der Waals surface area contributed by atoms with Gasteiger partial charge < -0.3 is 23.4 Å². The Hall–Kier alpha value is -0.813. The zero-order valence-electron chi connectivity index (χ0n) is 21.2. The van der Waals surface area contributed by atoms with Gasteiger partial charge in [0.1, 0.15) is 12.2 Å². The zero-order valence-corrected chi connectivity index (χ0v) is 24.4. The molecule has 0 amide bonds. The normalized spacial score (nSPS) is 25.9. The van der Waals surface area contributed by atoms with E-state index in [0.29, 0.717) is 19.8 Å². The summed E-state index contributed by atoms with van der Waals surface area (Å²) >= 11 is 2.44. The highest BCUT2D eigenvalue weighted by molar-refractivity contribution is 14.1. The minimum Gasteiger partial charge on any atom is -0.414 e. The molecule has 0 N–H and O–H groups in total.